The Kier molecular flexibility index (Phi) is 3.45. The first-order valence-electron chi connectivity index (χ1n) is 5.35. The highest BCUT2D eigenvalue weighted by molar-refractivity contribution is 5.75. The second-order valence-corrected chi connectivity index (χ2v) is 3.81. The minimum atomic E-state index is -0.331. The Labute approximate surface area is 99.5 Å². The highest BCUT2D eigenvalue weighted by Crippen LogP contribution is 2.26. The summed E-state index contributed by atoms with van der Waals surface area (Å²) in [6, 6.07) is 9.76. The molecule has 0 saturated heterocycles. The van der Waals surface area contributed by atoms with Crippen LogP contribution in [-0.4, -0.2) is 15.9 Å². The van der Waals surface area contributed by atoms with Gasteiger partial charge in [0.2, 0.25) is 5.91 Å². The van der Waals surface area contributed by atoms with Gasteiger partial charge in [0.15, 0.2) is 0 Å². The van der Waals surface area contributed by atoms with Crippen molar-refractivity contribution in [2.24, 2.45) is 5.73 Å². The Morgan fingerprint density at radius 2 is 1.76 bits per heavy atom. The summed E-state index contributed by atoms with van der Waals surface area (Å²) in [5, 5.41) is 0. The van der Waals surface area contributed by atoms with Gasteiger partial charge >= 0.3 is 0 Å². The van der Waals surface area contributed by atoms with Crippen LogP contribution in [0.4, 0.5) is 0 Å². The molecular formula is C13H13N3O. The van der Waals surface area contributed by atoms with E-state index >= 15 is 0 Å². The number of nitrogens with two attached hydrogens (primary N) is 1. The van der Waals surface area contributed by atoms with Crippen molar-refractivity contribution in [3.8, 4) is 0 Å². The molecule has 0 aliphatic rings. The zero-order chi connectivity index (χ0) is 12.1. The molecule has 0 fully saturated rings. The molecule has 86 valence electrons. The Bertz CT molecular complexity index is 445. The van der Waals surface area contributed by atoms with Crippen molar-refractivity contribution in [3.05, 3.63) is 60.2 Å². The Morgan fingerprint density at radius 3 is 2.35 bits per heavy atom. The molecule has 1 unspecified atom stereocenters. The molecule has 0 bridgehead atoms. The van der Waals surface area contributed by atoms with Gasteiger partial charge < -0.3 is 5.73 Å². The molecule has 2 N–H and O–H groups in total. The first-order chi connectivity index (χ1) is 8.27. The lowest BCUT2D eigenvalue weighted by atomic mass is 9.90. The van der Waals surface area contributed by atoms with Crippen molar-refractivity contribution in [1.82, 2.24) is 9.97 Å². The Balaban J connectivity index is 2.36. The summed E-state index contributed by atoms with van der Waals surface area (Å²) in [7, 11) is 0. The molecule has 0 aliphatic heterocycles. The molecule has 0 spiro atoms. The number of hydrogen-bond donors (Lipinski definition) is 1. The lowest BCUT2D eigenvalue weighted by molar-refractivity contribution is -0.118. The third-order valence-electron chi connectivity index (χ3n) is 2.59. The van der Waals surface area contributed by atoms with E-state index in [0.717, 1.165) is 11.1 Å². The van der Waals surface area contributed by atoms with Gasteiger partial charge in [-0.05, 0) is 11.1 Å². The van der Waals surface area contributed by atoms with Crippen molar-refractivity contribution in [2.45, 2.75) is 12.3 Å². The molecule has 17 heavy (non-hydrogen) atoms. The van der Waals surface area contributed by atoms with E-state index in [4.69, 9.17) is 5.73 Å². The first-order valence-corrected chi connectivity index (χ1v) is 5.35. The summed E-state index contributed by atoms with van der Waals surface area (Å²) < 4.78 is 0. The predicted octanol–water partition coefficient (Wildman–Crippen LogP) is 1.48. The van der Waals surface area contributed by atoms with Gasteiger partial charge in [-0.2, -0.15) is 0 Å². The SMILES string of the molecule is NC(=O)CC(c1ccccc1)c1cncnc1. The normalized spacial score (nSPS) is 12.0. The van der Waals surface area contributed by atoms with Gasteiger partial charge in [-0.25, -0.2) is 9.97 Å². The number of amides is 1. The Hall–Kier alpha value is -2.23. The quantitative estimate of drug-likeness (QED) is 0.860. The summed E-state index contributed by atoms with van der Waals surface area (Å²) in [6.07, 6.45) is 5.16. The molecule has 0 saturated carbocycles. The lowest BCUT2D eigenvalue weighted by Gasteiger charge is -2.15. The van der Waals surface area contributed by atoms with Crippen molar-refractivity contribution < 1.29 is 4.79 Å². The van der Waals surface area contributed by atoms with Crippen LogP contribution in [0.2, 0.25) is 0 Å². The minimum absolute atomic E-state index is 0.0742. The monoisotopic (exact) mass is 227 g/mol. The number of primary amides is 1. The fraction of sp³-hybridized carbons (Fsp3) is 0.154. The third kappa shape index (κ3) is 2.87. The number of carbonyl (C=O) groups is 1. The lowest BCUT2D eigenvalue weighted by Crippen LogP contribution is -2.16. The molecule has 0 aliphatic carbocycles. The molecule has 1 atom stereocenters. The second kappa shape index (κ2) is 5.21. The molecule has 1 aromatic carbocycles. The van der Waals surface area contributed by atoms with Gasteiger partial charge in [0, 0.05) is 24.7 Å². The van der Waals surface area contributed by atoms with Gasteiger partial charge in [0.05, 0.1) is 0 Å². The maximum absolute atomic E-state index is 11.1. The number of carbonyl (C=O) groups excluding carboxylic acids is 1. The van der Waals surface area contributed by atoms with Gasteiger partial charge in [-0.3, -0.25) is 4.79 Å². The van der Waals surface area contributed by atoms with Gasteiger partial charge in [0.1, 0.15) is 6.33 Å². The van der Waals surface area contributed by atoms with E-state index in [9.17, 15) is 4.79 Å². The van der Waals surface area contributed by atoms with E-state index in [1.54, 1.807) is 12.4 Å². The Morgan fingerprint density at radius 1 is 1.12 bits per heavy atom. The van der Waals surface area contributed by atoms with E-state index in [2.05, 4.69) is 9.97 Å². The van der Waals surface area contributed by atoms with Crippen LogP contribution >= 0.6 is 0 Å². The fourth-order valence-electron chi connectivity index (χ4n) is 1.81. The van der Waals surface area contributed by atoms with Crippen LogP contribution in [0.5, 0.6) is 0 Å². The highest BCUT2D eigenvalue weighted by atomic mass is 16.1. The molecular weight excluding hydrogens is 214 g/mol. The third-order valence-corrected chi connectivity index (χ3v) is 2.59. The largest absolute Gasteiger partial charge is 0.370 e. The molecule has 1 heterocycles. The molecule has 0 radical (unpaired) electrons. The molecule has 4 nitrogen and oxygen atoms in total. The van der Waals surface area contributed by atoms with E-state index < -0.39 is 0 Å². The number of nitrogens with zero attached hydrogens (tertiary/aromatic N) is 2. The number of benzene rings is 1. The number of aromatic nitrogens is 2. The van der Waals surface area contributed by atoms with Crippen LogP contribution in [0, 0.1) is 0 Å². The molecule has 1 amide bonds. The maximum Gasteiger partial charge on any atom is 0.218 e. The highest BCUT2D eigenvalue weighted by Gasteiger charge is 2.16. The van der Waals surface area contributed by atoms with Crippen molar-refractivity contribution in [3.63, 3.8) is 0 Å². The number of rotatable bonds is 4. The van der Waals surface area contributed by atoms with Gasteiger partial charge in [-0.1, -0.05) is 30.3 Å². The van der Waals surface area contributed by atoms with Gasteiger partial charge in [-0.15, -0.1) is 0 Å². The number of hydrogen-bond acceptors (Lipinski definition) is 3. The average molecular weight is 227 g/mol. The minimum Gasteiger partial charge on any atom is -0.370 e. The molecule has 2 rings (SSSR count). The van der Waals surface area contributed by atoms with Crippen LogP contribution in [0.1, 0.15) is 23.5 Å². The van der Waals surface area contributed by atoms with Crippen molar-refractivity contribution in [1.29, 1.82) is 0 Å². The summed E-state index contributed by atoms with van der Waals surface area (Å²) in [6.45, 7) is 0. The van der Waals surface area contributed by atoms with Crippen LogP contribution in [0.3, 0.4) is 0 Å². The first kappa shape index (κ1) is 11.3. The van der Waals surface area contributed by atoms with Crippen molar-refractivity contribution >= 4 is 5.91 Å². The van der Waals surface area contributed by atoms with Gasteiger partial charge in [0.25, 0.3) is 0 Å². The second-order valence-electron chi connectivity index (χ2n) is 3.81. The van der Waals surface area contributed by atoms with Crippen LogP contribution in [0.15, 0.2) is 49.1 Å². The van der Waals surface area contributed by atoms with E-state index in [1.165, 1.54) is 6.33 Å². The molecule has 2 aromatic rings. The van der Waals surface area contributed by atoms with E-state index in [1.807, 2.05) is 30.3 Å². The summed E-state index contributed by atoms with van der Waals surface area (Å²) >= 11 is 0. The standard InChI is InChI=1S/C13H13N3O/c14-13(17)6-12(10-4-2-1-3-5-10)11-7-15-9-16-8-11/h1-5,7-9,12H,6H2,(H2,14,17). The van der Waals surface area contributed by atoms with Crippen molar-refractivity contribution in [2.75, 3.05) is 0 Å². The summed E-state index contributed by atoms with van der Waals surface area (Å²) in [4.78, 5) is 19.1. The predicted molar refractivity (Wildman–Crippen MR) is 64.1 cm³/mol. The smallest absolute Gasteiger partial charge is 0.218 e. The topological polar surface area (TPSA) is 68.9 Å². The van der Waals surface area contributed by atoms with E-state index in [0.29, 0.717) is 0 Å². The fourth-order valence-corrected chi connectivity index (χ4v) is 1.81. The van der Waals surface area contributed by atoms with Crippen LogP contribution < -0.4 is 5.73 Å². The molecule has 4 heteroatoms. The zero-order valence-electron chi connectivity index (χ0n) is 9.28. The maximum atomic E-state index is 11.1. The van der Waals surface area contributed by atoms with E-state index in [-0.39, 0.29) is 18.2 Å². The van der Waals surface area contributed by atoms with Crippen LogP contribution in [-0.2, 0) is 4.79 Å². The van der Waals surface area contributed by atoms with Crippen LogP contribution in [0.25, 0.3) is 0 Å². The summed E-state index contributed by atoms with van der Waals surface area (Å²) in [5.74, 6) is -0.405. The summed E-state index contributed by atoms with van der Waals surface area (Å²) in [5.41, 5.74) is 7.23. The molecule has 1 aromatic heterocycles. The zero-order valence-corrected chi connectivity index (χ0v) is 9.28. The average Bonchev–Trinajstić information content (AvgIpc) is 2.38.